The molecule has 0 fully saturated rings. The summed E-state index contributed by atoms with van der Waals surface area (Å²) in [5, 5.41) is 13.8. The minimum atomic E-state index is -0.273. The number of rotatable bonds is 6. The van der Waals surface area contributed by atoms with Gasteiger partial charge in [0.05, 0.1) is 11.4 Å². The highest BCUT2D eigenvalue weighted by Crippen LogP contribution is 2.27. The minimum absolute atomic E-state index is 0.235. The fourth-order valence-electron chi connectivity index (χ4n) is 1.86. The molecule has 0 saturated carbocycles. The second-order valence-corrected chi connectivity index (χ2v) is 5.73. The van der Waals surface area contributed by atoms with Gasteiger partial charge in [0.1, 0.15) is 5.69 Å². The summed E-state index contributed by atoms with van der Waals surface area (Å²) in [5.74, 6) is -0.508. The molecule has 0 radical (unpaired) electrons. The van der Waals surface area contributed by atoms with Gasteiger partial charge in [0.15, 0.2) is 0 Å². The maximum atomic E-state index is 11.8. The number of benzene rings is 2. The zero-order valence-corrected chi connectivity index (χ0v) is 14.7. The highest BCUT2D eigenvalue weighted by atomic mass is 16.2. The first-order chi connectivity index (χ1) is 12.4. The number of para-hydroxylation sites is 1. The molecule has 0 saturated heterocycles. The molecule has 0 atom stereocenters. The fourth-order valence-corrected chi connectivity index (χ4v) is 1.86. The monoisotopic (exact) mass is 348 g/mol. The number of carbonyl (C=O) groups is 2. The van der Waals surface area contributed by atoms with Crippen LogP contribution in [0.15, 0.2) is 83.1 Å². The molecule has 6 heteroatoms. The van der Waals surface area contributed by atoms with Crippen LogP contribution in [0.5, 0.6) is 0 Å². The first-order valence-corrected chi connectivity index (χ1v) is 7.91. The van der Waals surface area contributed by atoms with Crippen molar-refractivity contribution in [2.75, 3.05) is 10.6 Å². The molecule has 2 N–H and O–H groups in total. The van der Waals surface area contributed by atoms with Crippen molar-refractivity contribution in [3.8, 4) is 0 Å². The van der Waals surface area contributed by atoms with E-state index in [0.717, 1.165) is 0 Å². The van der Waals surface area contributed by atoms with Gasteiger partial charge in [0.25, 0.3) is 11.8 Å². The molecule has 0 bridgehead atoms. The van der Waals surface area contributed by atoms with Crippen LogP contribution in [0, 0.1) is 0 Å². The third-order valence-electron chi connectivity index (χ3n) is 3.33. The van der Waals surface area contributed by atoms with Crippen molar-refractivity contribution in [1.82, 2.24) is 0 Å². The van der Waals surface area contributed by atoms with Gasteiger partial charge in [-0.15, -0.1) is 5.11 Å². The van der Waals surface area contributed by atoms with Gasteiger partial charge < -0.3 is 10.6 Å². The van der Waals surface area contributed by atoms with Gasteiger partial charge in [0.2, 0.25) is 0 Å². The van der Waals surface area contributed by atoms with Gasteiger partial charge in [-0.25, -0.2) is 0 Å². The maximum Gasteiger partial charge on any atom is 0.250 e. The van der Waals surface area contributed by atoms with Crippen LogP contribution < -0.4 is 10.6 Å². The van der Waals surface area contributed by atoms with Crippen molar-refractivity contribution in [3.05, 3.63) is 72.8 Å². The number of amides is 2. The molecule has 0 aliphatic carbocycles. The first-order valence-electron chi connectivity index (χ1n) is 7.91. The predicted octanol–water partition coefficient (Wildman–Crippen LogP) is 5.13. The maximum absolute atomic E-state index is 11.8. The summed E-state index contributed by atoms with van der Waals surface area (Å²) in [4.78, 5) is 23.4. The van der Waals surface area contributed by atoms with E-state index >= 15 is 0 Å². The average Bonchev–Trinajstić information content (AvgIpc) is 2.62. The summed E-state index contributed by atoms with van der Waals surface area (Å²) < 4.78 is 0. The third-order valence-corrected chi connectivity index (χ3v) is 3.33. The number of azo groups is 1. The molecule has 132 valence electrons. The zero-order chi connectivity index (χ0) is 19.1. The van der Waals surface area contributed by atoms with Crippen molar-refractivity contribution in [3.63, 3.8) is 0 Å². The second kappa shape index (κ2) is 8.53. The standard InChI is InChI=1S/C20H20N4O2/c1-13(2)19(25)21-15-9-11-16(12-10-15)23-24-18-8-6-5-7-17(18)22-20(26)14(3)4/h5-12H,1,3H2,2,4H3,(H,21,25)(H,22,26). The lowest BCUT2D eigenvalue weighted by Crippen LogP contribution is -2.11. The largest absolute Gasteiger partial charge is 0.322 e. The van der Waals surface area contributed by atoms with Gasteiger partial charge in [-0.05, 0) is 50.2 Å². The molecule has 0 unspecified atom stereocenters. The Morgan fingerprint density at radius 3 is 2.00 bits per heavy atom. The Hall–Kier alpha value is -3.54. The molecule has 0 aromatic heterocycles. The number of anilines is 2. The predicted molar refractivity (Wildman–Crippen MR) is 104 cm³/mol. The van der Waals surface area contributed by atoms with Crippen LogP contribution in [0.3, 0.4) is 0 Å². The van der Waals surface area contributed by atoms with E-state index in [1.807, 2.05) is 0 Å². The van der Waals surface area contributed by atoms with E-state index in [1.54, 1.807) is 62.4 Å². The van der Waals surface area contributed by atoms with Crippen LogP contribution in [0.2, 0.25) is 0 Å². The quantitative estimate of drug-likeness (QED) is 0.560. The number of nitrogens with one attached hydrogen (secondary N) is 2. The van der Waals surface area contributed by atoms with E-state index in [-0.39, 0.29) is 11.8 Å². The van der Waals surface area contributed by atoms with Gasteiger partial charge >= 0.3 is 0 Å². The lowest BCUT2D eigenvalue weighted by molar-refractivity contribution is -0.113. The molecule has 0 spiro atoms. The van der Waals surface area contributed by atoms with Crippen molar-refractivity contribution >= 4 is 34.6 Å². The van der Waals surface area contributed by atoms with Crippen molar-refractivity contribution < 1.29 is 9.59 Å². The molecule has 2 rings (SSSR count). The number of nitrogens with zero attached hydrogens (tertiary/aromatic N) is 2. The van der Waals surface area contributed by atoms with Crippen LogP contribution in [0.1, 0.15) is 13.8 Å². The lowest BCUT2D eigenvalue weighted by atomic mass is 10.2. The molecule has 0 aliphatic rings. The minimum Gasteiger partial charge on any atom is -0.322 e. The van der Waals surface area contributed by atoms with Crippen LogP contribution in [-0.4, -0.2) is 11.8 Å². The summed E-state index contributed by atoms with van der Waals surface area (Å²) >= 11 is 0. The smallest absolute Gasteiger partial charge is 0.250 e. The SMILES string of the molecule is C=C(C)C(=O)Nc1ccc(N=Nc2ccccc2NC(=O)C(=C)C)cc1. The molecule has 2 aromatic carbocycles. The molecular weight excluding hydrogens is 328 g/mol. The average molecular weight is 348 g/mol. The Morgan fingerprint density at radius 1 is 0.808 bits per heavy atom. The molecule has 26 heavy (non-hydrogen) atoms. The molecular formula is C20H20N4O2. The zero-order valence-electron chi connectivity index (χ0n) is 14.7. The van der Waals surface area contributed by atoms with E-state index in [2.05, 4.69) is 34.0 Å². The number of hydrogen-bond donors (Lipinski definition) is 2. The highest BCUT2D eigenvalue weighted by molar-refractivity contribution is 6.04. The van der Waals surface area contributed by atoms with Gasteiger partial charge in [0, 0.05) is 16.8 Å². The van der Waals surface area contributed by atoms with Gasteiger partial charge in [-0.3, -0.25) is 9.59 Å². The first kappa shape index (κ1) is 18.8. The van der Waals surface area contributed by atoms with Gasteiger partial charge in [-0.1, -0.05) is 25.3 Å². The van der Waals surface area contributed by atoms with E-state index < -0.39 is 0 Å². The second-order valence-electron chi connectivity index (χ2n) is 5.73. The normalized spacial score (nSPS) is 10.4. The molecule has 0 aliphatic heterocycles. The van der Waals surface area contributed by atoms with Crippen LogP contribution in [0.4, 0.5) is 22.7 Å². The highest BCUT2D eigenvalue weighted by Gasteiger charge is 2.06. The number of hydrogen-bond acceptors (Lipinski definition) is 4. The lowest BCUT2D eigenvalue weighted by Gasteiger charge is -2.07. The third kappa shape index (κ3) is 5.24. The van der Waals surface area contributed by atoms with Crippen LogP contribution in [0.25, 0.3) is 0 Å². The van der Waals surface area contributed by atoms with E-state index in [0.29, 0.717) is 33.9 Å². The summed E-state index contributed by atoms with van der Waals surface area (Å²) in [6, 6.07) is 14.0. The van der Waals surface area contributed by atoms with Crippen molar-refractivity contribution in [2.45, 2.75) is 13.8 Å². The van der Waals surface area contributed by atoms with Crippen molar-refractivity contribution in [1.29, 1.82) is 0 Å². The molecule has 2 aromatic rings. The summed E-state index contributed by atoms with van der Waals surface area (Å²) in [5.41, 5.74) is 3.17. The topological polar surface area (TPSA) is 82.9 Å². The summed E-state index contributed by atoms with van der Waals surface area (Å²) in [6.45, 7) is 10.5. The molecule has 6 nitrogen and oxygen atoms in total. The Labute approximate surface area is 152 Å². The van der Waals surface area contributed by atoms with E-state index in [1.165, 1.54) is 0 Å². The number of carbonyl (C=O) groups excluding carboxylic acids is 2. The Kier molecular flexibility index (Phi) is 6.16. The Morgan fingerprint density at radius 2 is 1.38 bits per heavy atom. The molecule has 0 heterocycles. The van der Waals surface area contributed by atoms with Crippen molar-refractivity contribution in [2.24, 2.45) is 10.2 Å². The summed E-state index contributed by atoms with van der Waals surface area (Å²) in [7, 11) is 0. The van der Waals surface area contributed by atoms with Crippen LogP contribution >= 0.6 is 0 Å². The van der Waals surface area contributed by atoms with Crippen LogP contribution in [-0.2, 0) is 9.59 Å². The summed E-state index contributed by atoms with van der Waals surface area (Å²) in [6.07, 6.45) is 0. The van der Waals surface area contributed by atoms with Gasteiger partial charge in [-0.2, -0.15) is 5.11 Å². The molecule has 2 amide bonds. The Bertz CT molecular complexity index is 883. The van der Waals surface area contributed by atoms with E-state index in [9.17, 15) is 9.59 Å². The Balaban J connectivity index is 2.12. The van der Waals surface area contributed by atoms with E-state index in [4.69, 9.17) is 0 Å². The fraction of sp³-hybridized carbons (Fsp3) is 0.100.